The summed E-state index contributed by atoms with van der Waals surface area (Å²) in [6.45, 7) is 0.481. The molecule has 1 saturated carbocycles. The number of hydrogen-bond donors (Lipinski definition) is 2. The molecule has 0 unspecified atom stereocenters. The standard InChI is InChI=1S/C31H28ClFN2O5/c1-40-27-15-20(6-9-25(27)34-29(38)23-16-22(33)7-8-24(23)32)30(39)35-13-12-31(11-10-19(17-31)14-28(36)37)18-21-4-2-3-5-26(21)35/h2-9,14-16H,10-13,17-18H2,1H3,(H,34,38)(H,36,37)/t31-/m1/s1. The number of carbonyl (C=O) groups is 3. The summed E-state index contributed by atoms with van der Waals surface area (Å²) in [6.07, 6.45) is 5.15. The van der Waals surface area contributed by atoms with E-state index in [2.05, 4.69) is 5.32 Å². The molecule has 2 N–H and O–H groups in total. The Bertz CT molecular complexity index is 1540. The van der Waals surface area contributed by atoms with Crippen molar-refractivity contribution in [3.05, 3.63) is 99.8 Å². The lowest BCUT2D eigenvalue weighted by Crippen LogP contribution is -2.33. The molecule has 1 aliphatic carbocycles. The number of fused-ring (bicyclic) bond motifs is 1. The minimum absolute atomic E-state index is 0.0211. The first kappa shape index (κ1) is 27.4. The summed E-state index contributed by atoms with van der Waals surface area (Å²) in [7, 11) is 1.43. The monoisotopic (exact) mass is 562 g/mol. The first-order chi connectivity index (χ1) is 19.2. The fraction of sp³-hybridized carbons (Fsp3) is 0.258. The quantitative estimate of drug-likeness (QED) is 0.345. The molecule has 0 bridgehead atoms. The minimum atomic E-state index is -0.925. The van der Waals surface area contributed by atoms with E-state index in [-0.39, 0.29) is 27.7 Å². The molecule has 5 rings (SSSR count). The van der Waals surface area contributed by atoms with Crippen LogP contribution in [0.2, 0.25) is 5.02 Å². The molecular weight excluding hydrogens is 535 g/mol. The minimum Gasteiger partial charge on any atom is -0.495 e. The first-order valence-electron chi connectivity index (χ1n) is 12.9. The summed E-state index contributed by atoms with van der Waals surface area (Å²) >= 11 is 6.08. The number of amides is 2. The lowest BCUT2D eigenvalue weighted by Gasteiger charge is -2.27. The number of allylic oxidation sites excluding steroid dienone is 1. The Morgan fingerprint density at radius 3 is 2.65 bits per heavy atom. The Morgan fingerprint density at radius 2 is 1.88 bits per heavy atom. The molecular formula is C31H28ClFN2O5. The van der Waals surface area contributed by atoms with E-state index in [9.17, 15) is 23.9 Å². The van der Waals surface area contributed by atoms with Crippen LogP contribution < -0.4 is 15.0 Å². The maximum absolute atomic E-state index is 13.9. The Morgan fingerprint density at radius 1 is 1.07 bits per heavy atom. The molecule has 1 spiro atoms. The third-order valence-corrected chi connectivity index (χ3v) is 8.06. The van der Waals surface area contributed by atoms with Crippen molar-refractivity contribution >= 4 is 40.8 Å². The van der Waals surface area contributed by atoms with Gasteiger partial charge in [-0.3, -0.25) is 9.59 Å². The van der Waals surface area contributed by atoms with Gasteiger partial charge in [-0.05, 0) is 85.5 Å². The zero-order valence-electron chi connectivity index (χ0n) is 21.9. The van der Waals surface area contributed by atoms with Crippen molar-refractivity contribution in [2.24, 2.45) is 5.41 Å². The number of hydrogen-bond acceptors (Lipinski definition) is 4. The molecule has 206 valence electrons. The van der Waals surface area contributed by atoms with Crippen LogP contribution in [-0.2, 0) is 11.2 Å². The van der Waals surface area contributed by atoms with Gasteiger partial charge >= 0.3 is 5.97 Å². The fourth-order valence-corrected chi connectivity index (χ4v) is 5.99. The van der Waals surface area contributed by atoms with Crippen molar-refractivity contribution in [3.8, 4) is 5.75 Å². The van der Waals surface area contributed by atoms with Gasteiger partial charge in [0.1, 0.15) is 11.6 Å². The van der Waals surface area contributed by atoms with Crippen LogP contribution in [0, 0.1) is 11.2 Å². The molecule has 3 aromatic carbocycles. The molecule has 2 aliphatic rings. The largest absolute Gasteiger partial charge is 0.495 e. The van der Waals surface area contributed by atoms with Gasteiger partial charge in [0, 0.05) is 23.9 Å². The third-order valence-electron chi connectivity index (χ3n) is 7.73. The maximum atomic E-state index is 13.9. The van der Waals surface area contributed by atoms with E-state index < -0.39 is 17.7 Å². The zero-order valence-corrected chi connectivity index (χ0v) is 22.6. The number of halogens is 2. The summed E-state index contributed by atoms with van der Waals surface area (Å²) in [5.74, 6) is -2.07. The lowest BCUT2D eigenvalue weighted by molar-refractivity contribution is -0.131. The highest BCUT2D eigenvalue weighted by atomic mass is 35.5. The van der Waals surface area contributed by atoms with Gasteiger partial charge in [-0.15, -0.1) is 0 Å². The predicted molar refractivity (Wildman–Crippen MR) is 151 cm³/mol. The lowest BCUT2D eigenvalue weighted by atomic mass is 9.77. The van der Waals surface area contributed by atoms with Crippen LogP contribution in [0.4, 0.5) is 15.8 Å². The van der Waals surface area contributed by atoms with Crippen molar-refractivity contribution in [3.63, 3.8) is 0 Å². The molecule has 0 saturated heterocycles. The third kappa shape index (κ3) is 5.58. The van der Waals surface area contributed by atoms with E-state index >= 15 is 0 Å². The van der Waals surface area contributed by atoms with Gasteiger partial charge in [0.15, 0.2) is 0 Å². The van der Waals surface area contributed by atoms with Gasteiger partial charge in [-0.25, -0.2) is 9.18 Å². The van der Waals surface area contributed by atoms with E-state index in [1.54, 1.807) is 23.1 Å². The molecule has 1 atom stereocenters. The molecule has 0 aromatic heterocycles. The normalized spacial score (nSPS) is 19.3. The number of para-hydroxylation sites is 1. The summed E-state index contributed by atoms with van der Waals surface area (Å²) in [5, 5.41) is 12.0. The average molecular weight is 563 g/mol. The first-order valence-corrected chi connectivity index (χ1v) is 13.3. The Balaban J connectivity index is 1.40. The molecule has 0 radical (unpaired) electrons. The zero-order chi connectivity index (χ0) is 28.4. The van der Waals surface area contributed by atoms with Crippen LogP contribution in [0.25, 0.3) is 0 Å². The number of methoxy groups -OCH3 is 1. The number of aliphatic carboxylic acids is 1. The highest BCUT2D eigenvalue weighted by Gasteiger charge is 2.40. The molecule has 1 heterocycles. The van der Waals surface area contributed by atoms with Crippen LogP contribution in [0.15, 0.2) is 72.3 Å². The number of nitrogens with one attached hydrogen (secondary N) is 1. The van der Waals surface area contributed by atoms with Crippen molar-refractivity contribution in [2.75, 3.05) is 23.9 Å². The van der Waals surface area contributed by atoms with Crippen molar-refractivity contribution in [2.45, 2.75) is 32.1 Å². The van der Waals surface area contributed by atoms with Gasteiger partial charge < -0.3 is 20.1 Å². The average Bonchev–Trinajstić information content (AvgIpc) is 3.23. The Hall–Kier alpha value is -4.17. The number of anilines is 2. The predicted octanol–water partition coefficient (Wildman–Crippen LogP) is 6.51. The maximum Gasteiger partial charge on any atom is 0.328 e. The number of nitrogens with zero attached hydrogens (tertiary/aromatic N) is 1. The smallest absolute Gasteiger partial charge is 0.328 e. The van der Waals surface area contributed by atoms with Crippen LogP contribution in [-0.4, -0.2) is 36.5 Å². The van der Waals surface area contributed by atoms with Crippen LogP contribution in [0.3, 0.4) is 0 Å². The SMILES string of the molecule is COc1cc(C(=O)N2CC[C@@]3(CCC(=CC(=O)O)C3)Cc3ccccc32)ccc1NC(=O)c1cc(F)ccc1Cl. The second-order valence-electron chi connectivity index (χ2n) is 10.3. The molecule has 2 amide bonds. The van der Waals surface area contributed by atoms with E-state index in [1.807, 2.05) is 24.3 Å². The Kier molecular flexibility index (Phi) is 7.63. The number of carboxylic acids is 1. The van der Waals surface area contributed by atoms with Crippen molar-refractivity contribution in [1.29, 1.82) is 0 Å². The van der Waals surface area contributed by atoms with E-state index in [1.165, 1.54) is 25.3 Å². The van der Waals surface area contributed by atoms with Crippen molar-refractivity contribution < 1.29 is 28.6 Å². The molecule has 1 fully saturated rings. The van der Waals surface area contributed by atoms with Gasteiger partial charge in [-0.2, -0.15) is 0 Å². The Labute approximate surface area is 236 Å². The second-order valence-corrected chi connectivity index (χ2v) is 10.7. The van der Waals surface area contributed by atoms with Gasteiger partial charge in [-0.1, -0.05) is 35.4 Å². The van der Waals surface area contributed by atoms with Gasteiger partial charge in [0.25, 0.3) is 11.8 Å². The highest BCUT2D eigenvalue weighted by Crippen LogP contribution is 2.49. The van der Waals surface area contributed by atoms with Gasteiger partial charge in [0.2, 0.25) is 0 Å². The highest BCUT2D eigenvalue weighted by molar-refractivity contribution is 6.34. The van der Waals surface area contributed by atoms with Crippen molar-refractivity contribution in [1.82, 2.24) is 0 Å². The molecule has 9 heteroatoms. The molecule has 1 aliphatic heterocycles. The summed E-state index contributed by atoms with van der Waals surface area (Å²) < 4.78 is 19.2. The van der Waals surface area contributed by atoms with Crippen LogP contribution in [0.1, 0.15) is 52.0 Å². The topological polar surface area (TPSA) is 95.9 Å². The summed E-state index contributed by atoms with van der Waals surface area (Å²) in [4.78, 5) is 39.7. The summed E-state index contributed by atoms with van der Waals surface area (Å²) in [5.41, 5.74) is 3.38. The molecule has 3 aromatic rings. The number of carbonyl (C=O) groups excluding carboxylic acids is 2. The number of benzene rings is 3. The fourth-order valence-electron chi connectivity index (χ4n) is 5.79. The van der Waals surface area contributed by atoms with E-state index in [4.69, 9.17) is 16.3 Å². The van der Waals surface area contributed by atoms with Crippen LogP contribution >= 0.6 is 11.6 Å². The second kappa shape index (κ2) is 11.1. The molecule has 40 heavy (non-hydrogen) atoms. The number of rotatable bonds is 5. The number of carboxylic acid groups (broad SMARTS) is 1. The van der Waals surface area contributed by atoms with E-state index in [0.29, 0.717) is 24.2 Å². The van der Waals surface area contributed by atoms with Gasteiger partial charge in [0.05, 0.1) is 23.4 Å². The summed E-state index contributed by atoms with van der Waals surface area (Å²) in [6, 6.07) is 16.1. The van der Waals surface area contributed by atoms with E-state index in [0.717, 1.165) is 48.6 Å². The van der Waals surface area contributed by atoms with Crippen LogP contribution in [0.5, 0.6) is 5.75 Å². The number of ether oxygens (including phenoxy) is 1. The molecule has 7 nitrogen and oxygen atoms in total.